The van der Waals surface area contributed by atoms with E-state index in [1.54, 1.807) is 6.92 Å². The van der Waals surface area contributed by atoms with E-state index in [9.17, 15) is 14.7 Å². The van der Waals surface area contributed by atoms with Crippen molar-refractivity contribution < 1.29 is 28.9 Å². The van der Waals surface area contributed by atoms with E-state index in [0.29, 0.717) is 11.3 Å². The van der Waals surface area contributed by atoms with Crippen molar-refractivity contribution in [2.45, 2.75) is 19.6 Å². The Kier molecular flexibility index (Phi) is 5.92. The molecule has 0 radical (unpaired) electrons. The van der Waals surface area contributed by atoms with Crippen LogP contribution in [-0.4, -0.2) is 31.3 Å². The van der Waals surface area contributed by atoms with Gasteiger partial charge in [-0.15, -0.1) is 0 Å². The number of hydrogen-bond donors (Lipinski definition) is 3. The summed E-state index contributed by atoms with van der Waals surface area (Å²) in [6, 6.07) is 11.1. The quantitative estimate of drug-likeness (QED) is 0.646. The van der Waals surface area contributed by atoms with E-state index in [0.717, 1.165) is 5.56 Å². The van der Waals surface area contributed by atoms with E-state index in [1.807, 2.05) is 30.3 Å². The average molecular weight is 398 g/mol. The van der Waals surface area contributed by atoms with E-state index in [4.69, 9.17) is 14.2 Å². The van der Waals surface area contributed by atoms with E-state index < -0.39 is 18.0 Å². The number of hydrogen-bond acceptors (Lipinski definition) is 6. The Hall–Kier alpha value is -3.68. The summed E-state index contributed by atoms with van der Waals surface area (Å²) in [5.41, 5.74) is 1.96. The van der Waals surface area contributed by atoms with E-state index >= 15 is 0 Å². The Balaban J connectivity index is 1.95. The fraction of sp³-hybridized carbons (Fsp3) is 0.238. The number of allylic oxidation sites excluding steroid dienone is 1. The number of rotatable bonds is 6. The molecule has 0 bridgehead atoms. The highest BCUT2D eigenvalue weighted by Gasteiger charge is 2.33. The number of carbonyl (C=O) groups is 2. The molecular weight excluding hydrogens is 376 g/mol. The molecule has 0 aromatic heterocycles. The zero-order valence-electron chi connectivity index (χ0n) is 16.3. The Bertz CT molecular complexity index is 930. The van der Waals surface area contributed by atoms with Crippen LogP contribution < -0.4 is 20.1 Å². The number of ether oxygens (including phenoxy) is 3. The SMILES string of the molecule is COc1cc(C2NC(=O)NC(C)=C2C(=O)OCc2ccccc2)cc(OC)c1O. The lowest BCUT2D eigenvalue weighted by molar-refractivity contribution is -0.140. The van der Waals surface area contributed by atoms with E-state index in [2.05, 4.69) is 10.6 Å². The van der Waals surface area contributed by atoms with Gasteiger partial charge in [0.15, 0.2) is 11.5 Å². The maximum Gasteiger partial charge on any atom is 0.338 e. The molecular formula is C21H22N2O6. The van der Waals surface area contributed by atoms with Gasteiger partial charge < -0.3 is 30.0 Å². The van der Waals surface area contributed by atoms with Crippen molar-refractivity contribution in [3.05, 3.63) is 64.9 Å². The first-order valence-corrected chi connectivity index (χ1v) is 8.88. The second kappa shape index (κ2) is 8.55. The number of carbonyl (C=O) groups excluding carboxylic acids is 2. The van der Waals surface area contributed by atoms with Gasteiger partial charge in [-0.2, -0.15) is 0 Å². The molecule has 1 unspecified atom stereocenters. The van der Waals surface area contributed by atoms with Crippen LogP contribution >= 0.6 is 0 Å². The zero-order chi connectivity index (χ0) is 21.0. The maximum atomic E-state index is 12.9. The molecule has 1 atom stereocenters. The lowest BCUT2D eigenvalue weighted by Gasteiger charge is -2.28. The van der Waals surface area contributed by atoms with Gasteiger partial charge in [0.2, 0.25) is 5.75 Å². The lowest BCUT2D eigenvalue weighted by atomic mass is 9.95. The van der Waals surface area contributed by atoms with Crippen LogP contribution in [0.25, 0.3) is 0 Å². The summed E-state index contributed by atoms with van der Waals surface area (Å²) in [5, 5.41) is 15.5. The largest absolute Gasteiger partial charge is 0.502 e. The Morgan fingerprint density at radius 3 is 2.31 bits per heavy atom. The van der Waals surface area contributed by atoms with Gasteiger partial charge in [-0.05, 0) is 30.2 Å². The highest BCUT2D eigenvalue weighted by molar-refractivity contribution is 5.95. The Morgan fingerprint density at radius 2 is 1.72 bits per heavy atom. The van der Waals surface area contributed by atoms with Crippen LogP contribution in [0.5, 0.6) is 17.2 Å². The third kappa shape index (κ3) is 4.26. The zero-order valence-corrected chi connectivity index (χ0v) is 16.3. The molecule has 0 spiro atoms. The van der Waals surface area contributed by atoms with Crippen LogP contribution in [0, 0.1) is 0 Å². The molecule has 2 aromatic rings. The number of aromatic hydroxyl groups is 1. The number of phenolic OH excluding ortho intramolecular Hbond substituents is 1. The van der Waals surface area contributed by atoms with Crippen LogP contribution in [0.2, 0.25) is 0 Å². The van der Waals surface area contributed by atoms with Gasteiger partial charge in [-0.1, -0.05) is 30.3 Å². The average Bonchev–Trinajstić information content (AvgIpc) is 2.72. The molecule has 1 aliphatic heterocycles. The lowest BCUT2D eigenvalue weighted by Crippen LogP contribution is -2.45. The monoisotopic (exact) mass is 398 g/mol. The third-order valence-electron chi connectivity index (χ3n) is 4.54. The normalized spacial score (nSPS) is 16.0. The molecule has 2 aromatic carbocycles. The van der Waals surface area contributed by atoms with Crippen LogP contribution in [-0.2, 0) is 16.1 Å². The van der Waals surface area contributed by atoms with Gasteiger partial charge >= 0.3 is 12.0 Å². The number of amides is 2. The van der Waals surface area contributed by atoms with Crippen LogP contribution in [0.4, 0.5) is 4.79 Å². The van der Waals surface area contributed by atoms with Gasteiger partial charge in [-0.3, -0.25) is 0 Å². The van der Waals surface area contributed by atoms with Crippen molar-refractivity contribution >= 4 is 12.0 Å². The molecule has 29 heavy (non-hydrogen) atoms. The van der Waals surface area contributed by atoms with Crippen molar-refractivity contribution in [3.8, 4) is 17.2 Å². The minimum atomic E-state index is -0.810. The number of nitrogens with one attached hydrogen (secondary N) is 2. The van der Waals surface area contributed by atoms with Crippen molar-refractivity contribution in [2.24, 2.45) is 0 Å². The van der Waals surface area contributed by atoms with Crippen LogP contribution in [0.15, 0.2) is 53.7 Å². The van der Waals surface area contributed by atoms with Crippen molar-refractivity contribution in [2.75, 3.05) is 14.2 Å². The first-order chi connectivity index (χ1) is 13.9. The summed E-state index contributed by atoms with van der Waals surface area (Å²) in [6.07, 6.45) is 0. The van der Waals surface area contributed by atoms with Crippen LogP contribution in [0.3, 0.4) is 0 Å². The van der Waals surface area contributed by atoms with Gasteiger partial charge in [0.05, 0.1) is 25.8 Å². The summed E-state index contributed by atoms with van der Waals surface area (Å²) in [6.45, 7) is 1.72. The van der Waals surface area contributed by atoms with Gasteiger partial charge in [0.1, 0.15) is 6.61 Å². The summed E-state index contributed by atoms with van der Waals surface area (Å²) in [7, 11) is 2.80. The molecule has 0 saturated carbocycles. The summed E-state index contributed by atoms with van der Waals surface area (Å²) >= 11 is 0. The molecule has 3 rings (SSSR count). The second-order valence-electron chi connectivity index (χ2n) is 6.41. The minimum Gasteiger partial charge on any atom is -0.502 e. The van der Waals surface area contributed by atoms with Crippen molar-refractivity contribution in [1.82, 2.24) is 10.6 Å². The fourth-order valence-electron chi connectivity index (χ4n) is 3.10. The first kappa shape index (κ1) is 20.1. The highest BCUT2D eigenvalue weighted by atomic mass is 16.5. The van der Waals surface area contributed by atoms with Gasteiger partial charge in [0.25, 0.3) is 0 Å². The topological polar surface area (TPSA) is 106 Å². The predicted octanol–water partition coefficient (Wildman–Crippen LogP) is 2.78. The Labute approximate surface area is 168 Å². The molecule has 8 nitrogen and oxygen atoms in total. The molecule has 3 N–H and O–H groups in total. The van der Waals surface area contributed by atoms with Gasteiger partial charge in [-0.25, -0.2) is 9.59 Å². The standard InChI is InChI=1S/C21H22N2O6/c1-12-17(20(25)29-11-13-7-5-4-6-8-13)18(23-21(26)22-12)14-9-15(27-2)19(24)16(10-14)28-3/h4-10,18,24H,11H2,1-3H3,(H2,22,23,26). The summed E-state index contributed by atoms with van der Waals surface area (Å²) in [4.78, 5) is 24.9. The number of esters is 1. The first-order valence-electron chi connectivity index (χ1n) is 8.88. The summed E-state index contributed by atoms with van der Waals surface area (Å²) < 4.78 is 15.8. The third-order valence-corrected chi connectivity index (χ3v) is 4.54. The van der Waals surface area contributed by atoms with Crippen LogP contribution in [0.1, 0.15) is 24.1 Å². The Morgan fingerprint density at radius 1 is 1.10 bits per heavy atom. The number of methoxy groups -OCH3 is 2. The highest BCUT2D eigenvalue weighted by Crippen LogP contribution is 2.40. The molecule has 8 heteroatoms. The molecule has 1 aliphatic rings. The number of benzene rings is 2. The molecule has 0 saturated heterocycles. The van der Waals surface area contributed by atoms with E-state index in [-0.39, 0.29) is 29.4 Å². The molecule has 0 aliphatic carbocycles. The predicted molar refractivity (Wildman–Crippen MR) is 105 cm³/mol. The number of phenols is 1. The number of urea groups is 1. The smallest absolute Gasteiger partial charge is 0.338 e. The van der Waals surface area contributed by atoms with Crippen molar-refractivity contribution in [3.63, 3.8) is 0 Å². The summed E-state index contributed by atoms with van der Waals surface area (Å²) in [5.74, 6) is -0.439. The fourth-order valence-corrected chi connectivity index (χ4v) is 3.10. The second-order valence-corrected chi connectivity index (χ2v) is 6.41. The molecule has 152 valence electrons. The molecule has 0 fully saturated rings. The molecule has 1 heterocycles. The molecule has 2 amide bonds. The maximum absolute atomic E-state index is 12.9. The van der Waals surface area contributed by atoms with E-state index in [1.165, 1.54) is 26.4 Å². The van der Waals surface area contributed by atoms with Crippen molar-refractivity contribution in [1.29, 1.82) is 0 Å². The minimum absolute atomic E-state index is 0.0966. The van der Waals surface area contributed by atoms with Gasteiger partial charge in [0, 0.05) is 5.70 Å².